The van der Waals surface area contributed by atoms with E-state index in [2.05, 4.69) is 25.4 Å². The van der Waals surface area contributed by atoms with Crippen molar-refractivity contribution < 1.29 is 9.53 Å². The molecule has 7 nitrogen and oxygen atoms in total. The molecule has 0 spiro atoms. The van der Waals surface area contributed by atoms with Crippen molar-refractivity contribution in [2.24, 2.45) is 10.9 Å². The first kappa shape index (κ1) is 15.3. The normalized spacial score (nSPS) is 19.4. The summed E-state index contributed by atoms with van der Waals surface area (Å²) >= 11 is 0. The van der Waals surface area contributed by atoms with Gasteiger partial charge in [0.25, 0.3) is 0 Å². The molecule has 1 unspecified atom stereocenters. The average Bonchev–Trinajstić information content (AvgIpc) is 3.02. The summed E-state index contributed by atoms with van der Waals surface area (Å²) in [5, 5.41) is 10.1. The molecule has 0 radical (unpaired) electrons. The van der Waals surface area contributed by atoms with E-state index in [4.69, 9.17) is 4.74 Å². The Balaban J connectivity index is 1.90. The van der Waals surface area contributed by atoms with Gasteiger partial charge < -0.3 is 15.0 Å². The van der Waals surface area contributed by atoms with E-state index >= 15 is 0 Å². The molecule has 1 aromatic rings. The summed E-state index contributed by atoms with van der Waals surface area (Å²) in [4.78, 5) is 18.3. The summed E-state index contributed by atoms with van der Waals surface area (Å²) in [5.74, 6) is 0.634. The molecule has 0 aromatic carbocycles. The maximum absolute atomic E-state index is 11.9. The number of hydrogen-bond donors (Lipinski definition) is 2. The molecule has 0 saturated carbocycles. The number of aromatic nitrogens is 2. The summed E-state index contributed by atoms with van der Waals surface area (Å²) in [7, 11) is 1.75. The summed E-state index contributed by atoms with van der Waals surface area (Å²) in [5.41, 5.74) is 0.995. The lowest BCUT2D eigenvalue weighted by molar-refractivity contribution is -0.149. The lowest BCUT2D eigenvalue weighted by Crippen LogP contribution is -2.48. The third-order valence-electron chi connectivity index (χ3n) is 3.55. The number of ether oxygens (including phenoxy) is 1. The summed E-state index contributed by atoms with van der Waals surface area (Å²) in [6.45, 7) is 4.46. The topological polar surface area (TPSA) is 82.6 Å². The van der Waals surface area contributed by atoms with Gasteiger partial charge >= 0.3 is 5.97 Å². The predicted molar refractivity (Wildman–Crippen MR) is 79.7 cm³/mol. The SMILES string of the molecule is CCOC(=O)C1CCCN(C(=NC)NCc2ccn[nH]2)C1. The van der Waals surface area contributed by atoms with E-state index in [0.29, 0.717) is 19.7 Å². The second-order valence-corrected chi connectivity index (χ2v) is 5.02. The van der Waals surface area contributed by atoms with Crippen molar-refractivity contribution in [3.8, 4) is 0 Å². The summed E-state index contributed by atoms with van der Waals surface area (Å²) in [6, 6.07) is 1.91. The average molecular weight is 293 g/mol. The van der Waals surface area contributed by atoms with Crippen LogP contribution >= 0.6 is 0 Å². The first-order valence-corrected chi connectivity index (χ1v) is 7.35. The molecule has 2 rings (SSSR count). The smallest absolute Gasteiger partial charge is 0.310 e. The first-order chi connectivity index (χ1) is 10.2. The molecule has 2 heterocycles. The Labute approximate surface area is 124 Å². The number of aliphatic imine (C=N–C) groups is 1. The Kier molecular flexibility index (Phi) is 5.59. The minimum absolute atomic E-state index is 0.0654. The van der Waals surface area contributed by atoms with Crippen molar-refractivity contribution in [1.29, 1.82) is 0 Å². The molecular weight excluding hydrogens is 270 g/mol. The van der Waals surface area contributed by atoms with Crippen LogP contribution in [0, 0.1) is 5.92 Å². The van der Waals surface area contributed by atoms with Crippen LogP contribution in [0.2, 0.25) is 0 Å². The molecule has 1 atom stereocenters. The van der Waals surface area contributed by atoms with Crippen molar-refractivity contribution >= 4 is 11.9 Å². The van der Waals surface area contributed by atoms with Crippen molar-refractivity contribution in [1.82, 2.24) is 20.4 Å². The van der Waals surface area contributed by atoms with Gasteiger partial charge in [-0.2, -0.15) is 5.10 Å². The Bertz CT molecular complexity index is 472. The van der Waals surface area contributed by atoms with Crippen molar-refractivity contribution in [2.45, 2.75) is 26.3 Å². The number of H-pyrrole nitrogens is 1. The maximum Gasteiger partial charge on any atom is 0.310 e. The second-order valence-electron chi connectivity index (χ2n) is 5.02. The number of carbonyl (C=O) groups is 1. The quantitative estimate of drug-likeness (QED) is 0.486. The van der Waals surface area contributed by atoms with Crippen LogP contribution in [0.5, 0.6) is 0 Å². The Morgan fingerprint density at radius 2 is 2.52 bits per heavy atom. The fourth-order valence-corrected chi connectivity index (χ4v) is 2.51. The molecule has 1 fully saturated rings. The molecule has 2 N–H and O–H groups in total. The molecule has 1 aliphatic heterocycles. The van der Waals surface area contributed by atoms with Gasteiger partial charge in [0.05, 0.1) is 24.8 Å². The number of likely N-dealkylation sites (tertiary alicyclic amines) is 1. The fourth-order valence-electron chi connectivity index (χ4n) is 2.51. The van der Waals surface area contributed by atoms with E-state index < -0.39 is 0 Å². The lowest BCUT2D eigenvalue weighted by Gasteiger charge is -2.33. The molecule has 1 saturated heterocycles. The van der Waals surface area contributed by atoms with Gasteiger partial charge in [0, 0.05) is 26.3 Å². The maximum atomic E-state index is 11.9. The number of guanidine groups is 1. The molecule has 1 aliphatic rings. The third kappa shape index (κ3) is 4.21. The zero-order chi connectivity index (χ0) is 15.1. The molecule has 116 valence electrons. The monoisotopic (exact) mass is 293 g/mol. The lowest BCUT2D eigenvalue weighted by atomic mass is 9.98. The molecule has 0 aliphatic carbocycles. The van der Waals surface area contributed by atoms with Crippen LogP contribution in [0.4, 0.5) is 0 Å². The number of aromatic amines is 1. The Morgan fingerprint density at radius 1 is 1.67 bits per heavy atom. The fraction of sp³-hybridized carbons (Fsp3) is 0.643. The molecule has 0 bridgehead atoms. The molecule has 21 heavy (non-hydrogen) atoms. The van der Waals surface area contributed by atoms with E-state index in [1.54, 1.807) is 13.2 Å². The molecule has 0 amide bonds. The summed E-state index contributed by atoms with van der Waals surface area (Å²) < 4.78 is 5.12. The highest BCUT2D eigenvalue weighted by molar-refractivity contribution is 5.81. The highest BCUT2D eigenvalue weighted by Crippen LogP contribution is 2.18. The number of hydrogen-bond acceptors (Lipinski definition) is 4. The third-order valence-corrected chi connectivity index (χ3v) is 3.55. The van der Waals surface area contributed by atoms with Crippen LogP contribution in [0.1, 0.15) is 25.5 Å². The van der Waals surface area contributed by atoms with Crippen LogP contribution in [0.3, 0.4) is 0 Å². The highest BCUT2D eigenvalue weighted by Gasteiger charge is 2.28. The van der Waals surface area contributed by atoms with Gasteiger partial charge in [0.1, 0.15) is 0 Å². The van der Waals surface area contributed by atoms with Crippen molar-refractivity contribution in [3.05, 3.63) is 18.0 Å². The molecule has 1 aromatic heterocycles. The number of esters is 1. The first-order valence-electron chi connectivity index (χ1n) is 7.35. The standard InChI is InChI=1S/C14H23N5O2/c1-3-21-13(20)11-5-4-8-19(10-11)14(15-2)16-9-12-6-7-17-18-12/h6-7,11H,3-5,8-10H2,1-2H3,(H,15,16)(H,17,18). The number of carbonyl (C=O) groups excluding carboxylic acids is 1. The number of rotatable bonds is 4. The Morgan fingerprint density at radius 3 is 3.19 bits per heavy atom. The van der Waals surface area contributed by atoms with E-state index in [1.807, 2.05) is 13.0 Å². The van der Waals surface area contributed by atoms with Crippen LogP contribution in [0.15, 0.2) is 17.3 Å². The number of nitrogens with one attached hydrogen (secondary N) is 2. The van der Waals surface area contributed by atoms with Crippen molar-refractivity contribution in [3.63, 3.8) is 0 Å². The molecular formula is C14H23N5O2. The summed E-state index contributed by atoms with van der Waals surface area (Å²) in [6.07, 6.45) is 3.57. The van der Waals surface area contributed by atoms with Gasteiger partial charge in [0.2, 0.25) is 0 Å². The van der Waals surface area contributed by atoms with Crippen LogP contribution in [-0.4, -0.2) is 53.8 Å². The number of piperidine rings is 1. The minimum atomic E-state index is -0.105. The van der Waals surface area contributed by atoms with Gasteiger partial charge in [-0.3, -0.25) is 14.9 Å². The Hall–Kier alpha value is -2.05. The van der Waals surface area contributed by atoms with Gasteiger partial charge in [-0.1, -0.05) is 0 Å². The number of nitrogens with zero attached hydrogens (tertiary/aromatic N) is 3. The molecule has 7 heteroatoms. The van der Waals surface area contributed by atoms with Gasteiger partial charge in [0.15, 0.2) is 5.96 Å². The van der Waals surface area contributed by atoms with E-state index in [0.717, 1.165) is 31.0 Å². The second kappa shape index (κ2) is 7.66. The highest BCUT2D eigenvalue weighted by atomic mass is 16.5. The van der Waals surface area contributed by atoms with Crippen LogP contribution in [0.25, 0.3) is 0 Å². The van der Waals surface area contributed by atoms with Gasteiger partial charge in [-0.25, -0.2) is 0 Å². The van der Waals surface area contributed by atoms with Gasteiger partial charge in [-0.15, -0.1) is 0 Å². The largest absolute Gasteiger partial charge is 0.466 e. The zero-order valence-electron chi connectivity index (χ0n) is 12.6. The van der Waals surface area contributed by atoms with Crippen molar-refractivity contribution in [2.75, 3.05) is 26.7 Å². The van der Waals surface area contributed by atoms with E-state index in [-0.39, 0.29) is 11.9 Å². The van der Waals surface area contributed by atoms with Crippen LogP contribution < -0.4 is 5.32 Å². The van der Waals surface area contributed by atoms with E-state index in [9.17, 15) is 4.79 Å². The van der Waals surface area contributed by atoms with E-state index in [1.165, 1.54) is 0 Å². The zero-order valence-corrected chi connectivity index (χ0v) is 12.6. The minimum Gasteiger partial charge on any atom is -0.466 e. The predicted octanol–water partition coefficient (Wildman–Crippen LogP) is 0.760. The van der Waals surface area contributed by atoms with Gasteiger partial charge in [-0.05, 0) is 25.8 Å². The van der Waals surface area contributed by atoms with Crippen LogP contribution in [-0.2, 0) is 16.1 Å².